The molecule has 15 heavy (non-hydrogen) atoms. The minimum atomic E-state index is -3.29. The first kappa shape index (κ1) is 12.9. The molecule has 0 amide bonds. The first-order valence-electron chi connectivity index (χ1n) is 5.44. The molecular formula is C9H21N3O2S. The van der Waals surface area contributed by atoms with Gasteiger partial charge in [-0.3, -0.25) is 0 Å². The van der Waals surface area contributed by atoms with E-state index < -0.39 is 10.2 Å². The van der Waals surface area contributed by atoms with Crippen LogP contribution in [0.2, 0.25) is 0 Å². The van der Waals surface area contributed by atoms with E-state index in [4.69, 9.17) is 0 Å². The Balaban J connectivity index is 2.23. The molecule has 0 spiro atoms. The highest BCUT2D eigenvalue weighted by Gasteiger charge is 2.17. The Hall–Kier alpha value is -0.170. The summed E-state index contributed by atoms with van der Waals surface area (Å²) >= 11 is 0. The van der Waals surface area contributed by atoms with Crippen molar-refractivity contribution in [2.45, 2.75) is 20.3 Å². The van der Waals surface area contributed by atoms with Crippen LogP contribution in [0.3, 0.4) is 0 Å². The van der Waals surface area contributed by atoms with Gasteiger partial charge in [0.05, 0.1) is 0 Å². The van der Waals surface area contributed by atoms with Crippen LogP contribution in [-0.4, -0.2) is 34.6 Å². The van der Waals surface area contributed by atoms with Crippen LogP contribution in [0.5, 0.6) is 0 Å². The molecule has 3 N–H and O–H groups in total. The molecule has 1 aliphatic heterocycles. The second-order valence-electron chi connectivity index (χ2n) is 4.45. The van der Waals surface area contributed by atoms with Crippen LogP contribution in [-0.2, 0) is 10.2 Å². The van der Waals surface area contributed by atoms with Gasteiger partial charge in [0.1, 0.15) is 0 Å². The van der Waals surface area contributed by atoms with Gasteiger partial charge in [-0.25, -0.2) is 9.44 Å². The molecule has 1 rings (SSSR count). The van der Waals surface area contributed by atoms with E-state index in [9.17, 15) is 8.42 Å². The molecule has 0 aromatic heterocycles. The van der Waals surface area contributed by atoms with Gasteiger partial charge >= 0.3 is 0 Å². The second-order valence-corrected chi connectivity index (χ2v) is 6.04. The van der Waals surface area contributed by atoms with E-state index in [0.29, 0.717) is 24.9 Å². The van der Waals surface area contributed by atoms with E-state index in [2.05, 4.69) is 14.8 Å². The third-order valence-electron chi connectivity index (χ3n) is 2.41. The molecule has 0 bridgehead atoms. The predicted octanol–water partition coefficient (Wildman–Crippen LogP) is -0.324. The first-order chi connectivity index (χ1) is 6.99. The number of nitrogens with one attached hydrogen (secondary N) is 3. The van der Waals surface area contributed by atoms with Gasteiger partial charge in [-0.15, -0.1) is 0 Å². The normalized spacial score (nSPS) is 22.5. The van der Waals surface area contributed by atoms with Gasteiger partial charge in [0.15, 0.2) is 0 Å². The molecule has 0 aromatic carbocycles. The fraction of sp³-hybridized carbons (Fsp3) is 1.00. The lowest BCUT2D eigenvalue weighted by atomic mass is 10.1. The summed E-state index contributed by atoms with van der Waals surface area (Å²) in [6.45, 7) is 6.87. The Morgan fingerprint density at radius 2 is 2.13 bits per heavy atom. The average Bonchev–Trinajstić information content (AvgIpc) is 2.65. The van der Waals surface area contributed by atoms with Crippen LogP contribution in [0.25, 0.3) is 0 Å². The molecular weight excluding hydrogens is 214 g/mol. The van der Waals surface area contributed by atoms with E-state index >= 15 is 0 Å². The summed E-state index contributed by atoms with van der Waals surface area (Å²) in [6, 6.07) is 0. The van der Waals surface area contributed by atoms with Gasteiger partial charge in [-0.05, 0) is 31.3 Å². The van der Waals surface area contributed by atoms with E-state index in [-0.39, 0.29) is 0 Å². The molecule has 1 unspecified atom stereocenters. The molecule has 1 heterocycles. The highest BCUT2D eigenvalue weighted by Crippen LogP contribution is 2.05. The summed E-state index contributed by atoms with van der Waals surface area (Å²) in [5.41, 5.74) is 0. The lowest BCUT2D eigenvalue weighted by Crippen LogP contribution is -2.40. The lowest BCUT2D eigenvalue weighted by molar-refractivity contribution is 0.520. The minimum absolute atomic E-state index is 0.328. The Morgan fingerprint density at radius 1 is 1.40 bits per heavy atom. The number of rotatable bonds is 6. The van der Waals surface area contributed by atoms with Crippen LogP contribution in [0.15, 0.2) is 0 Å². The molecule has 0 aromatic rings. The van der Waals surface area contributed by atoms with Gasteiger partial charge in [-0.2, -0.15) is 8.42 Å². The fourth-order valence-electron chi connectivity index (χ4n) is 1.44. The zero-order valence-corrected chi connectivity index (χ0v) is 10.2. The maximum absolute atomic E-state index is 11.4. The smallest absolute Gasteiger partial charge is 0.276 e. The van der Waals surface area contributed by atoms with Crippen molar-refractivity contribution in [3.05, 3.63) is 0 Å². The molecule has 0 aliphatic carbocycles. The van der Waals surface area contributed by atoms with Gasteiger partial charge in [0.25, 0.3) is 10.2 Å². The SMILES string of the molecule is CC(C)CNS(=O)(=O)NCC1CCNC1. The summed E-state index contributed by atoms with van der Waals surface area (Å²) in [5, 5.41) is 3.20. The molecule has 1 saturated heterocycles. The number of hydrogen-bond acceptors (Lipinski definition) is 3. The van der Waals surface area contributed by atoms with Crippen LogP contribution in [0.1, 0.15) is 20.3 Å². The molecule has 90 valence electrons. The number of hydrogen-bond donors (Lipinski definition) is 3. The van der Waals surface area contributed by atoms with E-state index in [0.717, 1.165) is 19.5 Å². The van der Waals surface area contributed by atoms with E-state index in [1.165, 1.54) is 0 Å². The molecule has 6 heteroatoms. The highest BCUT2D eigenvalue weighted by atomic mass is 32.2. The zero-order valence-electron chi connectivity index (χ0n) is 9.41. The Bertz CT molecular complexity index is 271. The van der Waals surface area contributed by atoms with Crippen molar-refractivity contribution in [3.8, 4) is 0 Å². The van der Waals surface area contributed by atoms with Gasteiger partial charge in [0, 0.05) is 13.1 Å². The average molecular weight is 235 g/mol. The van der Waals surface area contributed by atoms with E-state index in [1.54, 1.807) is 0 Å². The molecule has 1 atom stereocenters. The molecule has 1 fully saturated rings. The van der Waals surface area contributed by atoms with Crippen LogP contribution >= 0.6 is 0 Å². The third kappa shape index (κ3) is 5.46. The molecule has 0 saturated carbocycles. The van der Waals surface area contributed by atoms with Crippen molar-refractivity contribution in [3.63, 3.8) is 0 Å². The summed E-state index contributed by atoms with van der Waals surface area (Å²) in [6.07, 6.45) is 1.05. The van der Waals surface area contributed by atoms with Crippen LogP contribution in [0.4, 0.5) is 0 Å². The second kappa shape index (κ2) is 5.79. The molecule has 1 aliphatic rings. The summed E-state index contributed by atoms with van der Waals surface area (Å²) in [7, 11) is -3.29. The fourth-order valence-corrected chi connectivity index (χ4v) is 2.55. The Labute approximate surface area is 92.2 Å². The minimum Gasteiger partial charge on any atom is -0.316 e. The van der Waals surface area contributed by atoms with Crippen LogP contribution < -0.4 is 14.8 Å². The quantitative estimate of drug-likeness (QED) is 0.591. The maximum Gasteiger partial charge on any atom is 0.276 e. The third-order valence-corrected chi connectivity index (χ3v) is 3.50. The Morgan fingerprint density at radius 3 is 2.67 bits per heavy atom. The van der Waals surface area contributed by atoms with Crippen molar-refractivity contribution in [2.24, 2.45) is 11.8 Å². The standard InChI is InChI=1S/C9H21N3O2S/c1-8(2)5-11-15(13,14)12-7-9-3-4-10-6-9/h8-12H,3-7H2,1-2H3. The molecule has 5 nitrogen and oxygen atoms in total. The Kier molecular flexibility index (Phi) is 4.98. The summed E-state index contributed by atoms with van der Waals surface area (Å²) < 4.78 is 28.0. The van der Waals surface area contributed by atoms with Crippen molar-refractivity contribution < 1.29 is 8.42 Å². The molecule has 0 radical (unpaired) electrons. The van der Waals surface area contributed by atoms with E-state index in [1.807, 2.05) is 13.8 Å². The predicted molar refractivity (Wildman–Crippen MR) is 60.7 cm³/mol. The summed E-state index contributed by atoms with van der Waals surface area (Å²) in [5.74, 6) is 0.760. The maximum atomic E-state index is 11.4. The van der Waals surface area contributed by atoms with Crippen molar-refractivity contribution in [1.29, 1.82) is 0 Å². The highest BCUT2D eigenvalue weighted by molar-refractivity contribution is 7.87. The van der Waals surface area contributed by atoms with Crippen molar-refractivity contribution >= 4 is 10.2 Å². The largest absolute Gasteiger partial charge is 0.316 e. The lowest BCUT2D eigenvalue weighted by Gasteiger charge is -2.12. The van der Waals surface area contributed by atoms with Gasteiger partial charge < -0.3 is 5.32 Å². The van der Waals surface area contributed by atoms with Crippen LogP contribution in [0, 0.1) is 11.8 Å². The monoisotopic (exact) mass is 235 g/mol. The van der Waals surface area contributed by atoms with Crippen molar-refractivity contribution in [1.82, 2.24) is 14.8 Å². The van der Waals surface area contributed by atoms with Gasteiger partial charge in [0.2, 0.25) is 0 Å². The van der Waals surface area contributed by atoms with Gasteiger partial charge in [-0.1, -0.05) is 13.8 Å². The first-order valence-corrected chi connectivity index (χ1v) is 6.93. The summed E-state index contributed by atoms with van der Waals surface area (Å²) in [4.78, 5) is 0. The topological polar surface area (TPSA) is 70.2 Å². The van der Waals surface area contributed by atoms with Crippen molar-refractivity contribution in [2.75, 3.05) is 26.2 Å². The zero-order chi connectivity index (χ0) is 11.3.